The number of nitrogens with one attached hydrogen (secondary N) is 1. The van der Waals surface area contributed by atoms with Gasteiger partial charge in [-0.3, -0.25) is 5.10 Å². The van der Waals surface area contributed by atoms with Crippen molar-refractivity contribution in [2.45, 2.75) is 32.6 Å². The Morgan fingerprint density at radius 3 is 2.72 bits per heavy atom. The fourth-order valence-electron chi connectivity index (χ4n) is 2.67. The predicted octanol–water partition coefficient (Wildman–Crippen LogP) is 3.48. The Hall–Kier alpha value is -1.77. The number of benzene rings is 1. The Morgan fingerprint density at radius 1 is 1.33 bits per heavy atom. The maximum Gasteiger partial charge on any atom is 0.153 e. The van der Waals surface area contributed by atoms with Crippen LogP contribution in [0.4, 0.5) is 5.82 Å². The van der Waals surface area contributed by atoms with Crippen molar-refractivity contribution >= 4 is 5.82 Å². The highest BCUT2D eigenvalue weighted by Crippen LogP contribution is 2.45. The minimum Gasteiger partial charge on any atom is -0.382 e. The number of hydrogen-bond acceptors (Lipinski definition) is 2. The fourth-order valence-corrected chi connectivity index (χ4v) is 2.67. The van der Waals surface area contributed by atoms with Crippen LogP contribution in [0.2, 0.25) is 0 Å². The largest absolute Gasteiger partial charge is 0.382 e. The van der Waals surface area contributed by atoms with E-state index < -0.39 is 0 Å². The summed E-state index contributed by atoms with van der Waals surface area (Å²) in [7, 11) is 0. The number of nitrogens with two attached hydrogens (primary N) is 1. The average molecular weight is 241 g/mol. The first-order valence-corrected chi connectivity index (χ1v) is 6.58. The molecule has 0 bridgehead atoms. The first-order valence-electron chi connectivity index (χ1n) is 6.58. The van der Waals surface area contributed by atoms with Gasteiger partial charge in [-0.05, 0) is 36.8 Å². The van der Waals surface area contributed by atoms with Gasteiger partial charge in [0.25, 0.3) is 0 Å². The lowest BCUT2D eigenvalue weighted by Crippen LogP contribution is -1.99. The standard InChI is InChI=1S/C15H19N3/c1-9-5-3-4-6-12(9)13-14(17-18-15(13)16)10(2)11-7-8-11/h3-6,10-11H,7-8H2,1-2H3,(H3,16,17,18). The number of rotatable bonds is 3. The van der Waals surface area contributed by atoms with Gasteiger partial charge in [0.15, 0.2) is 5.82 Å². The van der Waals surface area contributed by atoms with Crippen LogP contribution in [0.3, 0.4) is 0 Å². The van der Waals surface area contributed by atoms with Crippen LogP contribution >= 0.6 is 0 Å². The van der Waals surface area contributed by atoms with E-state index in [1.54, 1.807) is 0 Å². The molecule has 1 saturated carbocycles. The molecule has 0 spiro atoms. The third-order valence-electron chi connectivity index (χ3n) is 4.02. The molecule has 0 amide bonds. The van der Waals surface area contributed by atoms with Crippen LogP contribution < -0.4 is 5.73 Å². The molecule has 94 valence electrons. The van der Waals surface area contributed by atoms with E-state index in [9.17, 15) is 0 Å². The number of anilines is 1. The SMILES string of the molecule is Cc1ccccc1-c1c(N)n[nH]c1C(C)C1CC1. The van der Waals surface area contributed by atoms with Crippen LogP contribution in [0.15, 0.2) is 24.3 Å². The summed E-state index contributed by atoms with van der Waals surface area (Å²) in [6.07, 6.45) is 2.65. The molecular formula is C15H19N3. The summed E-state index contributed by atoms with van der Waals surface area (Å²) in [5, 5.41) is 7.36. The van der Waals surface area contributed by atoms with E-state index >= 15 is 0 Å². The lowest BCUT2D eigenvalue weighted by Gasteiger charge is -2.12. The first-order chi connectivity index (χ1) is 8.68. The third-order valence-corrected chi connectivity index (χ3v) is 4.02. The molecule has 3 heteroatoms. The molecule has 3 N–H and O–H groups in total. The van der Waals surface area contributed by atoms with Crippen molar-refractivity contribution < 1.29 is 0 Å². The molecule has 1 aromatic heterocycles. The van der Waals surface area contributed by atoms with Gasteiger partial charge in [-0.1, -0.05) is 31.2 Å². The molecule has 3 rings (SSSR count). The molecule has 3 nitrogen and oxygen atoms in total. The topological polar surface area (TPSA) is 54.7 Å². The van der Waals surface area contributed by atoms with E-state index in [1.807, 2.05) is 0 Å². The van der Waals surface area contributed by atoms with Crippen molar-refractivity contribution in [3.8, 4) is 11.1 Å². The molecule has 1 atom stereocenters. The molecular weight excluding hydrogens is 222 g/mol. The Balaban J connectivity index is 2.11. The fraction of sp³-hybridized carbons (Fsp3) is 0.400. The van der Waals surface area contributed by atoms with E-state index in [1.165, 1.54) is 29.7 Å². The highest BCUT2D eigenvalue weighted by Gasteiger charge is 2.32. The molecule has 0 saturated heterocycles. The number of nitrogens with zero attached hydrogens (tertiary/aromatic N) is 1. The zero-order valence-corrected chi connectivity index (χ0v) is 10.9. The second-order valence-electron chi connectivity index (χ2n) is 5.34. The zero-order valence-electron chi connectivity index (χ0n) is 10.9. The summed E-state index contributed by atoms with van der Waals surface area (Å²) >= 11 is 0. The lowest BCUT2D eigenvalue weighted by molar-refractivity contribution is 0.642. The van der Waals surface area contributed by atoms with Crippen LogP contribution in [0.25, 0.3) is 11.1 Å². The molecule has 18 heavy (non-hydrogen) atoms. The van der Waals surface area contributed by atoms with E-state index in [4.69, 9.17) is 5.73 Å². The Kier molecular flexibility index (Phi) is 2.62. The molecule has 0 radical (unpaired) electrons. The van der Waals surface area contributed by atoms with Crippen LogP contribution in [0.5, 0.6) is 0 Å². The summed E-state index contributed by atoms with van der Waals surface area (Å²) in [5.41, 5.74) is 10.8. The molecule has 1 aliphatic rings. The minimum absolute atomic E-state index is 0.518. The summed E-state index contributed by atoms with van der Waals surface area (Å²) < 4.78 is 0. The highest BCUT2D eigenvalue weighted by atomic mass is 15.2. The van der Waals surface area contributed by atoms with Crippen molar-refractivity contribution in [2.24, 2.45) is 5.92 Å². The van der Waals surface area contributed by atoms with Crippen molar-refractivity contribution in [1.82, 2.24) is 10.2 Å². The molecule has 2 aromatic rings. The molecule has 1 aliphatic carbocycles. The van der Waals surface area contributed by atoms with Crippen LogP contribution in [-0.4, -0.2) is 10.2 Å². The Morgan fingerprint density at radius 2 is 2.06 bits per heavy atom. The monoisotopic (exact) mass is 241 g/mol. The lowest BCUT2D eigenvalue weighted by atomic mass is 9.93. The predicted molar refractivity (Wildman–Crippen MR) is 74.3 cm³/mol. The van der Waals surface area contributed by atoms with Gasteiger partial charge in [0, 0.05) is 17.2 Å². The van der Waals surface area contributed by atoms with Crippen LogP contribution in [0.1, 0.15) is 36.9 Å². The van der Waals surface area contributed by atoms with E-state index in [-0.39, 0.29) is 0 Å². The smallest absolute Gasteiger partial charge is 0.153 e. The van der Waals surface area contributed by atoms with Crippen molar-refractivity contribution in [2.75, 3.05) is 5.73 Å². The molecule has 1 heterocycles. The normalized spacial score (nSPS) is 16.8. The van der Waals surface area contributed by atoms with Gasteiger partial charge in [0.1, 0.15) is 0 Å². The maximum atomic E-state index is 6.06. The quantitative estimate of drug-likeness (QED) is 0.864. The summed E-state index contributed by atoms with van der Waals surface area (Å²) in [5.74, 6) is 1.93. The van der Waals surface area contributed by atoms with Gasteiger partial charge in [-0.15, -0.1) is 0 Å². The van der Waals surface area contributed by atoms with Crippen LogP contribution in [-0.2, 0) is 0 Å². The number of nitrogen functional groups attached to an aromatic ring is 1. The number of aromatic amines is 1. The average Bonchev–Trinajstić information content (AvgIpc) is 3.14. The number of aromatic nitrogens is 2. The second-order valence-corrected chi connectivity index (χ2v) is 5.34. The molecule has 1 fully saturated rings. The van der Waals surface area contributed by atoms with Gasteiger partial charge in [-0.2, -0.15) is 5.10 Å². The summed E-state index contributed by atoms with van der Waals surface area (Å²) in [4.78, 5) is 0. The second kappa shape index (κ2) is 4.16. The van der Waals surface area contributed by atoms with Crippen molar-refractivity contribution in [3.63, 3.8) is 0 Å². The molecule has 0 aliphatic heterocycles. The van der Waals surface area contributed by atoms with Gasteiger partial charge in [-0.25, -0.2) is 0 Å². The third kappa shape index (κ3) is 1.80. The van der Waals surface area contributed by atoms with Crippen molar-refractivity contribution in [1.29, 1.82) is 0 Å². The number of H-pyrrole nitrogens is 1. The molecule has 1 aromatic carbocycles. The first kappa shape index (κ1) is 11.3. The maximum absolute atomic E-state index is 6.06. The zero-order chi connectivity index (χ0) is 12.7. The van der Waals surface area contributed by atoms with Crippen molar-refractivity contribution in [3.05, 3.63) is 35.5 Å². The Bertz CT molecular complexity index is 567. The van der Waals surface area contributed by atoms with Gasteiger partial charge < -0.3 is 5.73 Å². The summed E-state index contributed by atoms with van der Waals surface area (Å²) in [6, 6.07) is 8.35. The minimum atomic E-state index is 0.518. The van der Waals surface area contributed by atoms with Gasteiger partial charge in [0.2, 0.25) is 0 Å². The number of hydrogen-bond donors (Lipinski definition) is 2. The van der Waals surface area contributed by atoms with E-state index in [2.05, 4.69) is 48.3 Å². The molecule has 1 unspecified atom stereocenters. The Labute approximate surface area is 107 Å². The van der Waals surface area contributed by atoms with Crippen LogP contribution in [0, 0.1) is 12.8 Å². The van der Waals surface area contributed by atoms with E-state index in [0.29, 0.717) is 11.7 Å². The van der Waals surface area contributed by atoms with Gasteiger partial charge in [0.05, 0.1) is 0 Å². The number of aryl methyl sites for hydroxylation is 1. The summed E-state index contributed by atoms with van der Waals surface area (Å²) in [6.45, 7) is 4.39. The van der Waals surface area contributed by atoms with Gasteiger partial charge >= 0.3 is 0 Å². The van der Waals surface area contributed by atoms with E-state index in [0.717, 1.165) is 11.5 Å². The highest BCUT2D eigenvalue weighted by molar-refractivity contribution is 5.78.